The van der Waals surface area contributed by atoms with Crippen molar-refractivity contribution in [2.45, 2.75) is 57.8 Å². The fourth-order valence-electron chi connectivity index (χ4n) is 4.91. The number of anilines is 1. The highest BCUT2D eigenvalue weighted by molar-refractivity contribution is 6.16. The van der Waals surface area contributed by atoms with E-state index in [0.29, 0.717) is 30.9 Å². The van der Waals surface area contributed by atoms with E-state index in [1.54, 1.807) is 17.0 Å². The summed E-state index contributed by atoms with van der Waals surface area (Å²) in [6.45, 7) is 6.13. The van der Waals surface area contributed by atoms with E-state index in [2.05, 4.69) is 10.3 Å². The van der Waals surface area contributed by atoms with Gasteiger partial charge in [-0.3, -0.25) is 4.90 Å². The van der Waals surface area contributed by atoms with Crippen LogP contribution in [0.3, 0.4) is 0 Å². The molecule has 2 heterocycles. The van der Waals surface area contributed by atoms with Crippen molar-refractivity contribution >= 4 is 29.9 Å². The van der Waals surface area contributed by atoms with Gasteiger partial charge in [0.25, 0.3) is 0 Å². The predicted molar refractivity (Wildman–Crippen MR) is 134 cm³/mol. The molecule has 1 unspecified atom stereocenters. The number of halogens is 1. The maximum atomic E-state index is 14.1. The van der Waals surface area contributed by atoms with Crippen LogP contribution in [0.2, 0.25) is 0 Å². The average molecular weight is 495 g/mol. The van der Waals surface area contributed by atoms with Gasteiger partial charge in [-0.2, -0.15) is 4.99 Å². The van der Waals surface area contributed by atoms with E-state index in [4.69, 9.17) is 4.74 Å². The lowest BCUT2D eigenvalue weighted by Gasteiger charge is -2.48. The summed E-state index contributed by atoms with van der Waals surface area (Å²) in [6, 6.07) is 13.8. The smallest absolute Gasteiger partial charge is 0.410 e. The van der Waals surface area contributed by atoms with E-state index in [1.165, 1.54) is 17.0 Å². The minimum Gasteiger partial charge on any atom is -0.445 e. The molecule has 1 saturated heterocycles. The maximum absolute atomic E-state index is 14.1. The standard InChI is InChI=1S/C27H31FN4O4/c1-18(2)23(16-33)29-24-27(32(25(34)30-24)22-11-7-10-21(28)14-22)12-13-31(19(3)15-27)26(35)36-17-20-8-5-4-6-9-20/h4-11,14,16,18-19,23H,12-13,15,17H2,1-3H3,(H,29,30,34)/t19-,23?,27+/m0/s1. The number of amides is 3. The third-order valence-corrected chi connectivity index (χ3v) is 6.87. The molecule has 0 bridgehead atoms. The lowest BCUT2D eigenvalue weighted by molar-refractivity contribution is -0.110. The number of amidine groups is 1. The summed E-state index contributed by atoms with van der Waals surface area (Å²) in [4.78, 5) is 45.2. The highest BCUT2D eigenvalue weighted by Gasteiger charge is 2.54. The van der Waals surface area contributed by atoms with Gasteiger partial charge < -0.3 is 19.7 Å². The van der Waals surface area contributed by atoms with Crippen LogP contribution in [0.1, 0.15) is 39.2 Å². The van der Waals surface area contributed by atoms with Crippen LogP contribution in [0.5, 0.6) is 0 Å². The average Bonchev–Trinajstić information content (AvgIpc) is 3.11. The molecule has 1 spiro atoms. The highest BCUT2D eigenvalue weighted by atomic mass is 19.1. The number of aliphatic imine (C=N–C) groups is 1. The number of hydrogen-bond acceptors (Lipinski definition) is 5. The van der Waals surface area contributed by atoms with Crippen molar-refractivity contribution in [1.29, 1.82) is 0 Å². The monoisotopic (exact) mass is 494 g/mol. The van der Waals surface area contributed by atoms with E-state index in [1.807, 2.05) is 51.1 Å². The van der Waals surface area contributed by atoms with Crippen LogP contribution >= 0.6 is 0 Å². The van der Waals surface area contributed by atoms with Crippen molar-refractivity contribution < 1.29 is 23.5 Å². The zero-order valence-electron chi connectivity index (χ0n) is 20.7. The van der Waals surface area contributed by atoms with Gasteiger partial charge in [0, 0.05) is 18.3 Å². The summed E-state index contributed by atoms with van der Waals surface area (Å²) in [5.74, 6) is -0.141. The van der Waals surface area contributed by atoms with Gasteiger partial charge in [0.1, 0.15) is 30.1 Å². The van der Waals surface area contributed by atoms with Crippen LogP contribution in [0.4, 0.5) is 19.7 Å². The third-order valence-electron chi connectivity index (χ3n) is 6.87. The van der Waals surface area contributed by atoms with E-state index < -0.39 is 29.5 Å². The molecule has 0 saturated carbocycles. The molecular formula is C27H31FN4O4. The van der Waals surface area contributed by atoms with Crippen LogP contribution in [-0.4, -0.2) is 53.3 Å². The second-order valence-electron chi connectivity index (χ2n) is 9.68. The Balaban J connectivity index is 1.60. The Morgan fingerprint density at radius 2 is 2.00 bits per heavy atom. The van der Waals surface area contributed by atoms with E-state index in [-0.39, 0.29) is 18.6 Å². The molecule has 190 valence electrons. The second kappa shape index (κ2) is 10.5. The fraction of sp³-hybridized carbons (Fsp3) is 0.407. The first kappa shape index (κ1) is 25.3. The van der Waals surface area contributed by atoms with Gasteiger partial charge in [0.15, 0.2) is 0 Å². The Morgan fingerprint density at radius 1 is 1.25 bits per heavy atom. The van der Waals surface area contributed by atoms with Crippen molar-refractivity contribution in [2.24, 2.45) is 10.9 Å². The molecule has 0 aliphatic carbocycles. The Labute approximate surface area is 210 Å². The van der Waals surface area contributed by atoms with E-state index >= 15 is 0 Å². The van der Waals surface area contributed by atoms with Crippen molar-refractivity contribution in [1.82, 2.24) is 10.2 Å². The molecule has 3 amide bonds. The number of carbonyl (C=O) groups is 3. The zero-order valence-corrected chi connectivity index (χ0v) is 20.7. The molecule has 2 aromatic rings. The van der Waals surface area contributed by atoms with E-state index in [9.17, 15) is 18.8 Å². The molecule has 3 atom stereocenters. The lowest BCUT2D eigenvalue weighted by Crippen LogP contribution is -2.64. The Bertz CT molecular complexity index is 1160. The van der Waals surface area contributed by atoms with Crippen LogP contribution in [0.25, 0.3) is 0 Å². The number of nitrogens with zero attached hydrogens (tertiary/aromatic N) is 3. The number of carbonyl (C=O) groups excluding carboxylic acids is 3. The molecule has 1 N–H and O–H groups in total. The van der Waals surface area contributed by atoms with Gasteiger partial charge in [0.2, 0.25) is 0 Å². The topological polar surface area (TPSA) is 91.3 Å². The first-order valence-electron chi connectivity index (χ1n) is 12.1. The first-order chi connectivity index (χ1) is 17.2. The van der Waals surface area contributed by atoms with Gasteiger partial charge in [-0.1, -0.05) is 50.2 Å². The number of likely N-dealkylation sites (tertiary alicyclic amines) is 1. The predicted octanol–water partition coefficient (Wildman–Crippen LogP) is 4.54. The molecule has 2 aliphatic rings. The minimum absolute atomic E-state index is 0.0361. The first-order valence-corrected chi connectivity index (χ1v) is 12.1. The number of benzene rings is 2. The summed E-state index contributed by atoms with van der Waals surface area (Å²) < 4.78 is 19.7. The third kappa shape index (κ3) is 4.96. The Kier molecular flexibility index (Phi) is 7.37. The molecule has 0 aromatic heterocycles. The summed E-state index contributed by atoms with van der Waals surface area (Å²) in [6.07, 6.45) is 1.04. The molecule has 1 fully saturated rings. The SMILES string of the molecule is CC(C)C(C=O)NC1=NC(=O)N(c2cccc(F)c2)[C@@]12CCN(C(=O)OCc1ccccc1)[C@@H](C)C2. The number of hydrogen-bond donors (Lipinski definition) is 1. The molecular weight excluding hydrogens is 463 g/mol. The minimum atomic E-state index is -0.962. The number of ether oxygens (including phenoxy) is 1. The van der Waals surface area contributed by atoms with Crippen LogP contribution in [0.15, 0.2) is 59.6 Å². The normalized spacial score (nSPS) is 22.5. The number of piperidine rings is 1. The Morgan fingerprint density at radius 3 is 2.64 bits per heavy atom. The number of nitrogens with one attached hydrogen (secondary N) is 1. The Hall–Kier alpha value is -3.75. The summed E-state index contributed by atoms with van der Waals surface area (Å²) in [5.41, 5.74) is 0.300. The van der Waals surface area contributed by atoms with Crippen molar-refractivity contribution in [3.05, 3.63) is 66.0 Å². The lowest BCUT2D eigenvalue weighted by atomic mass is 9.80. The largest absolute Gasteiger partial charge is 0.445 e. The molecule has 2 aromatic carbocycles. The van der Waals surface area contributed by atoms with Crippen molar-refractivity contribution in [3.8, 4) is 0 Å². The summed E-state index contributed by atoms with van der Waals surface area (Å²) >= 11 is 0. The van der Waals surface area contributed by atoms with Gasteiger partial charge in [-0.05, 0) is 49.4 Å². The van der Waals surface area contributed by atoms with Crippen LogP contribution < -0.4 is 10.2 Å². The molecule has 0 radical (unpaired) electrons. The van der Waals surface area contributed by atoms with Crippen LogP contribution in [0, 0.1) is 11.7 Å². The van der Waals surface area contributed by atoms with Crippen molar-refractivity contribution in [3.63, 3.8) is 0 Å². The van der Waals surface area contributed by atoms with Gasteiger partial charge in [0.05, 0.1) is 6.04 Å². The van der Waals surface area contributed by atoms with Gasteiger partial charge >= 0.3 is 12.1 Å². The number of urea groups is 1. The quantitative estimate of drug-likeness (QED) is 0.596. The highest BCUT2D eigenvalue weighted by Crippen LogP contribution is 2.41. The second-order valence-corrected chi connectivity index (χ2v) is 9.68. The molecule has 4 rings (SSSR count). The zero-order chi connectivity index (χ0) is 25.9. The summed E-state index contributed by atoms with van der Waals surface area (Å²) in [5, 5.41) is 3.17. The molecule has 2 aliphatic heterocycles. The van der Waals surface area contributed by atoms with Gasteiger partial charge in [-0.25, -0.2) is 14.0 Å². The molecule has 36 heavy (non-hydrogen) atoms. The van der Waals surface area contributed by atoms with Crippen LogP contribution in [-0.2, 0) is 16.1 Å². The number of rotatable bonds is 6. The van der Waals surface area contributed by atoms with Crippen molar-refractivity contribution in [2.75, 3.05) is 11.4 Å². The summed E-state index contributed by atoms with van der Waals surface area (Å²) in [7, 11) is 0. The van der Waals surface area contributed by atoms with E-state index in [0.717, 1.165) is 11.8 Å². The van der Waals surface area contributed by atoms with Gasteiger partial charge in [-0.15, -0.1) is 0 Å². The molecule has 9 heteroatoms. The number of aldehydes is 1. The fourth-order valence-corrected chi connectivity index (χ4v) is 4.91. The molecule has 8 nitrogen and oxygen atoms in total. The maximum Gasteiger partial charge on any atom is 0.410 e.